The van der Waals surface area contributed by atoms with Crippen LogP contribution in [-0.4, -0.2) is 30.1 Å². The largest absolute Gasteiger partial charge is 0.311 e. The molecule has 0 radical (unpaired) electrons. The molecule has 3 heteroatoms. The summed E-state index contributed by atoms with van der Waals surface area (Å²) in [7, 11) is 0. The van der Waals surface area contributed by atoms with E-state index in [0.29, 0.717) is 12.1 Å². The number of piperazine rings is 1. The van der Waals surface area contributed by atoms with Crippen LogP contribution in [0.3, 0.4) is 0 Å². The first-order chi connectivity index (χ1) is 9.56. The van der Waals surface area contributed by atoms with Crippen LogP contribution in [0, 0.1) is 18.7 Å². The van der Waals surface area contributed by atoms with E-state index in [1.54, 1.807) is 6.07 Å². The summed E-state index contributed by atoms with van der Waals surface area (Å²) in [5, 5.41) is 3.67. The van der Waals surface area contributed by atoms with Crippen molar-refractivity contribution < 1.29 is 4.39 Å². The maximum absolute atomic E-state index is 13.8. The Labute approximate surface area is 121 Å². The van der Waals surface area contributed by atoms with Gasteiger partial charge < -0.3 is 5.32 Å². The maximum atomic E-state index is 13.8. The van der Waals surface area contributed by atoms with Gasteiger partial charge in [0.2, 0.25) is 0 Å². The number of hydrogen-bond donors (Lipinski definition) is 1. The van der Waals surface area contributed by atoms with Crippen LogP contribution in [0.4, 0.5) is 4.39 Å². The third-order valence-corrected chi connectivity index (χ3v) is 5.02. The van der Waals surface area contributed by atoms with E-state index in [9.17, 15) is 4.39 Å². The van der Waals surface area contributed by atoms with Crippen molar-refractivity contribution in [3.05, 3.63) is 35.1 Å². The molecule has 3 atom stereocenters. The van der Waals surface area contributed by atoms with Crippen molar-refractivity contribution in [1.29, 1.82) is 0 Å². The third kappa shape index (κ3) is 2.75. The highest BCUT2D eigenvalue weighted by atomic mass is 19.1. The summed E-state index contributed by atoms with van der Waals surface area (Å²) in [5.74, 6) is 0.780. The lowest BCUT2D eigenvalue weighted by atomic mass is 9.99. The summed E-state index contributed by atoms with van der Waals surface area (Å²) in [5.41, 5.74) is 1.82. The zero-order chi connectivity index (χ0) is 14.3. The molecule has 0 amide bonds. The zero-order valence-electron chi connectivity index (χ0n) is 12.7. The van der Waals surface area contributed by atoms with Crippen LogP contribution in [0.5, 0.6) is 0 Å². The highest BCUT2D eigenvalue weighted by Crippen LogP contribution is 2.36. The van der Waals surface area contributed by atoms with Crippen molar-refractivity contribution >= 4 is 0 Å². The highest BCUT2D eigenvalue weighted by Gasteiger charge is 2.37. The smallest absolute Gasteiger partial charge is 0.126 e. The van der Waals surface area contributed by atoms with Gasteiger partial charge in [0.15, 0.2) is 0 Å². The first-order valence-electron chi connectivity index (χ1n) is 7.81. The topological polar surface area (TPSA) is 15.3 Å². The van der Waals surface area contributed by atoms with E-state index in [2.05, 4.69) is 30.1 Å². The molecule has 20 heavy (non-hydrogen) atoms. The van der Waals surface area contributed by atoms with E-state index in [0.717, 1.165) is 30.1 Å². The average molecular weight is 276 g/mol. The molecule has 1 saturated heterocycles. The molecule has 2 aliphatic rings. The van der Waals surface area contributed by atoms with Gasteiger partial charge in [-0.2, -0.15) is 0 Å². The molecule has 1 heterocycles. The van der Waals surface area contributed by atoms with Gasteiger partial charge in [-0.15, -0.1) is 0 Å². The lowest BCUT2D eigenvalue weighted by Crippen LogP contribution is -2.56. The molecule has 1 aliphatic carbocycles. The minimum Gasteiger partial charge on any atom is -0.311 e. The van der Waals surface area contributed by atoms with E-state index < -0.39 is 0 Å². The minimum atomic E-state index is -0.0871. The molecule has 3 rings (SSSR count). The molecule has 1 aliphatic heterocycles. The summed E-state index contributed by atoms with van der Waals surface area (Å²) in [6, 6.07) is 7.09. The van der Waals surface area contributed by atoms with Gasteiger partial charge >= 0.3 is 0 Å². The Hall–Kier alpha value is -0.930. The molecule has 1 aromatic rings. The second-order valence-corrected chi connectivity index (χ2v) is 6.58. The van der Waals surface area contributed by atoms with Gasteiger partial charge in [0.1, 0.15) is 5.82 Å². The van der Waals surface area contributed by atoms with Gasteiger partial charge in [0.25, 0.3) is 0 Å². The number of rotatable bonds is 3. The van der Waals surface area contributed by atoms with E-state index >= 15 is 0 Å². The van der Waals surface area contributed by atoms with Crippen LogP contribution in [0.25, 0.3) is 0 Å². The summed E-state index contributed by atoms with van der Waals surface area (Å²) < 4.78 is 13.8. The molecule has 1 N–H and O–H groups in total. The molecular weight excluding hydrogens is 251 g/mol. The molecule has 110 valence electrons. The first kappa shape index (κ1) is 14.0. The third-order valence-electron chi connectivity index (χ3n) is 5.02. The van der Waals surface area contributed by atoms with Crippen molar-refractivity contribution in [2.45, 2.75) is 51.7 Å². The Kier molecular flexibility index (Phi) is 3.83. The molecule has 0 bridgehead atoms. The minimum absolute atomic E-state index is 0.0871. The van der Waals surface area contributed by atoms with Crippen LogP contribution >= 0.6 is 0 Å². The van der Waals surface area contributed by atoms with Gasteiger partial charge in [-0.05, 0) is 56.7 Å². The van der Waals surface area contributed by atoms with Crippen LogP contribution < -0.4 is 5.32 Å². The fourth-order valence-electron chi connectivity index (χ4n) is 3.33. The Morgan fingerprint density at radius 3 is 2.75 bits per heavy atom. The predicted molar refractivity (Wildman–Crippen MR) is 80.2 cm³/mol. The number of aryl methyl sites for hydroxylation is 1. The maximum Gasteiger partial charge on any atom is 0.126 e. The van der Waals surface area contributed by atoms with E-state index in [1.165, 1.54) is 12.8 Å². The molecule has 3 unspecified atom stereocenters. The summed E-state index contributed by atoms with van der Waals surface area (Å²) in [6.07, 6.45) is 2.74. The quantitative estimate of drug-likeness (QED) is 0.911. The van der Waals surface area contributed by atoms with Crippen LogP contribution in [0.15, 0.2) is 18.2 Å². The Morgan fingerprint density at radius 2 is 2.10 bits per heavy atom. The molecule has 2 nitrogen and oxygen atoms in total. The molecule has 0 spiro atoms. The predicted octanol–water partition coefficient (Wildman–Crippen LogP) is 3.27. The standard InChI is InChI=1S/C17H25FN2/c1-11-4-5-15(8-16(11)18)13(3)20-10-17(14-6-7-14)19-9-12(20)2/h4-5,8,12-14,17,19H,6-7,9-10H2,1-3H3. The molecule has 1 aromatic carbocycles. The number of nitrogens with zero attached hydrogens (tertiary/aromatic N) is 1. The Morgan fingerprint density at radius 1 is 1.35 bits per heavy atom. The monoisotopic (exact) mass is 276 g/mol. The summed E-state index contributed by atoms with van der Waals surface area (Å²) in [4.78, 5) is 2.53. The van der Waals surface area contributed by atoms with E-state index in [-0.39, 0.29) is 11.9 Å². The lowest BCUT2D eigenvalue weighted by Gasteiger charge is -2.42. The van der Waals surface area contributed by atoms with Crippen molar-refractivity contribution in [2.24, 2.45) is 5.92 Å². The normalized spacial score (nSPS) is 29.4. The van der Waals surface area contributed by atoms with E-state index in [4.69, 9.17) is 0 Å². The number of benzene rings is 1. The fraction of sp³-hybridized carbons (Fsp3) is 0.647. The number of nitrogens with one attached hydrogen (secondary N) is 1. The first-order valence-corrected chi connectivity index (χ1v) is 7.81. The zero-order valence-corrected chi connectivity index (χ0v) is 12.7. The summed E-state index contributed by atoms with van der Waals surface area (Å²) >= 11 is 0. The number of hydrogen-bond acceptors (Lipinski definition) is 2. The van der Waals surface area contributed by atoms with Crippen molar-refractivity contribution in [3.8, 4) is 0 Å². The van der Waals surface area contributed by atoms with Gasteiger partial charge in [0, 0.05) is 31.2 Å². The van der Waals surface area contributed by atoms with Crippen LogP contribution in [0.1, 0.15) is 43.9 Å². The van der Waals surface area contributed by atoms with Crippen molar-refractivity contribution in [1.82, 2.24) is 10.2 Å². The van der Waals surface area contributed by atoms with Crippen LogP contribution in [0.2, 0.25) is 0 Å². The molecule has 0 aromatic heterocycles. The second-order valence-electron chi connectivity index (χ2n) is 6.58. The van der Waals surface area contributed by atoms with Crippen LogP contribution in [-0.2, 0) is 0 Å². The Balaban J connectivity index is 1.76. The lowest BCUT2D eigenvalue weighted by molar-refractivity contribution is 0.0923. The molecular formula is C17H25FN2. The van der Waals surface area contributed by atoms with Gasteiger partial charge in [0.05, 0.1) is 0 Å². The fourth-order valence-corrected chi connectivity index (χ4v) is 3.33. The SMILES string of the molecule is Cc1ccc(C(C)N2CC(C3CC3)NCC2C)cc1F. The van der Waals surface area contributed by atoms with Gasteiger partial charge in [-0.25, -0.2) is 4.39 Å². The van der Waals surface area contributed by atoms with Gasteiger partial charge in [-0.1, -0.05) is 12.1 Å². The molecule has 1 saturated carbocycles. The Bertz CT molecular complexity index is 484. The van der Waals surface area contributed by atoms with Crippen molar-refractivity contribution in [3.63, 3.8) is 0 Å². The second kappa shape index (κ2) is 5.45. The van der Waals surface area contributed by atoms with E-state index in [1.807, 2.05) is 13.0 Å². The molecule has 2 fully saturated rings. The van der Waals surface area contributed by atoms with Crippen molar-refractivity contribution in [2.75, 3.05) is 13.1 Å². The van der Waals surface area contributed by atoms with Gasteiger partial charge in [-0.3, -0.25) is 4.90 Å². The number of halogens is 1. The highest BCUT2D eigenvalue weighted by molar-refractivity contribution is 5.25. The summed E-state index contributed by atoms with van der Waals surface area (Å²) in [6.45, 7) is 8.41. The average Bonchev–Trinajstić information content (AvgIpc) is 3.26.